The largest absolute Gasteiger partial charge is 0.314 e. The van der Waals surface area contributed by atoms with Gasteiger partial charge in [0, 0.05) is 43.0 Å². The highest BCUT2D eigenvalue weighted by molar-refractivity contribution is 9.10. The predicted molar refractivity (Wildman–Crippen MR) is 79.6 cm³/mol. The maximum Gasteiger partial charge on any atom is 0.109 e. The van der Waals surface area contributed by atoms with Crippen molar-refractivity contribution in [3.8, 4) is 0 Å². The van der Waals surface area contributed by atoms with Gasteiger partial charge in [0.25, 0.3) is 0 Å². The molecular formula is C11H17BrCl2FN3. The highest BCUT2D eigenvalue weighted by atomic mass is 79.9. The highest BCUT2D eigenvalue weighted by Gasteiger charge is 2.22. The van der Waals surface area contributed by atoms with E-state index in [0.29, 0.717) is 0 Å². The summed E-state index contributed by atoms with van der Waals surface area (Å²) in [6, 6.07) is 1.78. The predicted octanol–water partition coefficient (Wildman–Crippen LogP) is 2.60. The first-order valence-electron chi connectivity index (χ1n) is 5.42. The Hall–Kier alpha value is 0.0600. The Bertz CT molecular complexity index is 351. The Labute approximate surface area is 127 Å². The van der Waals surface area contributed by atoms with E-state index >= 15 is 0 Å². The topological polar surface area (TPSA) is 28.2 Å². The highest BCUT2D eigenvalue weighted by Crippen LogP contribution is 2.23. The minimum Gasteiger partial charge on any atom is -0.314 e. The first-order chi connectivity index (χ1) is 7.81. The normalized spacial score (nSPS) is 17.4. The summed E-state index contributed by atoms with van der Waals surface area (Å²) in [6.45, 7) is 3.27. The summed E-state index contributed by atoms with van der Waals surface area (Å²) in [4.78, 5) is 6.26. The van der Waals surface area contributed by atoms with Crippen LogP contribution in [0.3, 0.4) is 0 Å². The van der Waals surface area contributed by atoms with Crippen LogP contribution in [0.5, 0.6) is 0 Å². The van der Waals surface area contributed by atoms with E-state index < -0.39 is 0 Å². The Morgan fingerprint density at radius 2 is 2.00 bits per heavy atom. The molecule has 1 aromatic rings. The minimum atomic E-state index is -0.363. The van der Waals surface area contributed by atoms with Gasteiger partial charge in [-0.15, -0.1) is 24.8 Å². The van der Waals surface area contributed by atoms with Gasteiger partial charge in [-0.2, -0.15) is 0 Å². The molecule has 0 unspecified atom stereocenters. The second kappa shape index (κ2) is 9.04. The van der Waals surface area contributed by atoms with Crippen LogP contribution in [-0.2, 0) is 0 Å². The number of rotatable bonds is 3. The number of nitrogens with one attached hydrogen (secondary N) is 1. The molecule has 1 atom stereocenters. The van der Waals surface area contributed by atoms with Crippen molar-refractivity contribution in [2.75, 3.05) is 32.9 Å². The van der Waals surface area contributed by atoms with E-state index in [9.17, 15) is 4.39 Å². The zero-order valence-corrected chi connectivity index (χ0v) is 13.0. The lowest BCUT2D eigenvalue weighted by Crippen LogP contribution is -2.45. The van der Waals surface area contributed by atoms with Gasteiger partial charge in [-0.05, 0) is 27.6 Å². The molecule has 1 N–H and O–H groups in total. The number of hydrogen-bond acceptors (Lipinski definition) is 3. The molecular weight excluding hydrogens is 344 g/mol. The van der Waals surface area contributed by atoms with Crippen molar-refractivity contribution in [3.05, 3.63) is 28.5 Å². The van der Waals surface area contributed by atoms with Crippen LogP contribution in [0.15, 0.2) is 22.9 Å². The smallest absolute Gasteiger partial charge is 0.109 e. The average molecular weight is 361 g/mol. The van der Waals surface area contributed by atoms with E-state index in [1.807, 2.05) is 6.07 Å². The lowest BCUT2D eigenvalue weighted by atomic mass is 10.1. The molecule has 0 aliphatic carbocycles. The molecule has 0 saturated carbocycles. The standard InChI is InChI=1S/C11H15BrFN3.2ClH/c12-10-5-9(7-15-8-10)11(6-13)16-3-1-14-2-4-16;;/h5,7-8,11,14H,1-4,6H2;2*1H/t11-;;/m0../s1. The molecule has 1 aliphatic rings. The zero-order valence-electron chi connectivity index (χ0n) is 9.81. The van der Waals surface area contributed by atoms with Gasteiger partial charge < -0.3 is 5.32 Å². The van der Waals surface area contributed by atoms with Crippen molar-refractivity contribution < 1.29 is 4.39 Å². The molecule has 2 heterocycles. The van der Waals surface area contributed by atoms with Gasteiger partial charge in [-0.1, -0.05) is 0 Å². The first-order valence-corrected chi connectivity index (χ1v) is 6.22. The summed E-state index contributed by atoms with van der Waals surface area (Å²) in [5, 5.41) is 3.27. The van der Waals surface area contributed by atoms with E-state index in [-0.39, 0.29) is 37.5 Å². The number of aromatic nitrogens is 1. The molecule has 1 fully saturated rings. The fourth-order valence-corrected chi connectivity index (χ4v) is 2.38. The van der Waals surface area contributed by atoms with Crippen molar-refractivity contribution in [3.63, 3.8) is 0 Å². The van der Waals surface area contributed by atoms with Gasteiger partial charge in [0.2, 0.25) is 0 Å². The maximum atomic E-state index is 13.2. The van der Waals surface area contributed by atoms with Gasteiger partial charge in [-0.25, -0.2) is 4.39 Å². The average Bonchev–Trinajstić information content (AvgIpc) is 2.31. The van der Waals surface area contributed by atoms with Crippen molar-refractivity contribution in [2.24, 2.45) is 0 Å². The van der Waals surface area contributed by atoms with Crippen molar-refractivity contribution in [1.82, 2.24) is 15.2 Å². The Balaban J connectivity index is 0.00000144. The third-order valence-electron chi connectivity index (χ3n) is 2.85. The van der Waals surface area contributed by atoms with Gasteiger partial charge >= 0.3 is 0 Å². The maximum absolute atomic E-state index is 13.2. The summed E-state index contributed by atoms with van der Waals surface area (Å²) in [7, 11) is 0. The molecule has 0 amide bonds. The summed E-state index contributed by atoms with van der Waals surface area (Å²) in [5.41, 5.74) is 0.943. The molecule has 104 valence electrons. The van der Waals surface area contributed by atoms with E-state index in [0.717, 1.165) is 36.2 Å². The number of halogens is 4. The number of pyridine rings is 1. The molecule has 7 heteroatoms. The van der Waals surface area contributed by atoms with E-state index in [4.69, 9.17) is 0 Å². The SMILES string of the molecule is Cl.Cl.FC[C@@H](c1cncc(Br)c1)N1CCNCC1. The zero-order chi connectivity index (χ0) is 11.4. The van der Waals surface area contributed by atoms with Crippen LogP contribution in [0.25, 0.3) is 0 Å². The van der Waals surface area contributed by atoms with Gasteiger partial charge in [0.15, 0.2) is 0 Å². The van der Waals surface area contributed by atoms with Crippen LogP contribution in [0.2, 0.25) is 0 Å². The minimum absolute atomic E-state index is 0. The van der Waals surface area contributed by atoms with Crippen LogP contribution >= 0.6 is 40.7 Å². The summed E-state index contributed by atoms with van der Waals surface area (Å²) in [5.74, 6) is 0. The molecule has 0 aromatic carbocycles. The second-order valence-electron chi connectivity index (χ2n) is 3.89. The molecule has 18 heavy (non-hydrogen) atoms. The Morgan fingerprint density at radius 1 is 1.33 bits per heavy atom. The van der Waals surface area contributed by atoms with Crippen LogP contribution in [0.4, 0.5) is 4.39 Å². The van der Waals surface area contributed by atoms with E-state index in [1.165, 1.54) is 0 Å². The van der Waals surface area contributed by atoms with Crippen molar-refractivity contribution in [2.45, 2.75) is 6.04 Å². The summed E-state index contributed by atoms with van der Waals surface area (Å²) >= 11 is 3.37. The van der Waals surface area contributed by atoms with Crippen LogP contribution < -0.4 is 5.32 Å². The molecule has 0 radical (unpaired) electrons. The lowest BCUT2D eigenvalue weighted by Gasteiger charge is -2.33. The molecule has 0 bridgehead atoms. The van der Waals surface area contributed by atoms with E-state index in [2.05, 4.69) is 31.1 Å². The molecule has 0 spiro atoms. The van der Waals surface area contributed by atoms with Gasteiger partial charge in [-0.3, -0.25) is 9.88 Å². The fourth-order valence-electron chi connectivity index (χ4n) is 2.00. The van der Waals surface area contributed by atoms with Crippen LogP contribution in [0.1, 0.15) is 11.6 Å². The fraction of sp³-hybridized carbons (Fsp3) is 0.545. The van der Waals surface area contributed by atoms with Crippen molar-refractivity contribution >= 4 is 40.7 Å². The third kappa shape index (κ3) is 4.63. The van der Waals surface area contributed by atoms with Crippen LogP contribution in [0, 0.1) is 0 Å². The summed E-state index contributed by atoms with van der Waals surface area (Å²) in [6.07, 6.45) is 3.47. The second-order valence-corrected chi connectivity index (χ2v) is 4.81. The number of alkyl halides is 1. The number of piperazine rings is 1. The number of hydrogen-bond donors (Lipinski definition) is 1. The lowest BCUT2D eigenvalue weighted by molar-refractivity contribution is 0.147. The molecule has 1 aromatic heterocycles. The third-order valence-corrected chi connectivity index (χ3v) is 3.28. The van der Waals surface area contributed by atoms with E-state index in [1.54, 1.807) is 12.4 Å². The molecule has 2 rings (SSSR count). The first kappa shape index (κ1) is 18.1. The summed E-state index contributed by atoms with van der Waals surface area (Å²) < 4.78 is 14.1. The monoisotopic (exact) mass is 359 g/mol. The molecule has 1 aliphatic heterocycles. The quantitative estimate of drug-likeness (QED) is 0.897. The van der Waals surface area contributed by atoms with Crippen molar-refractivity contribution in [1.29, 1.82) is 0 Å². The van der Waals surface area contributed by atoms with Gasteiger partial charge in [0.1, 0.15) is 6.67 Å². The Kier molecular flexibility index (Phi) is 9.07. The molecule has 3 nitrogen and oxygen atoms in total. The van der Waals surface area contributed by atoms with Gasteiger partial charge in [0.05, 0.1) is 6.04 Å². The van der Waals surface area contributed by atoms with Crippen LogP contribution in [-0.4, -0.2) is 42.7 Å². The Morgan fingerprint density at radius 3 is 2.56 bits per heavy atom. The molecule has 1 saturated heterocycles. The number of nitrogens with zero attached hydrogens (tertiary/aromatic N) is 2.